The zero-order chi connectivity index (χ0) is 18.9. The van der Waals surface area contributed by atoms with Gasteiger partial charge in [0.25, 0.3) is 0 Å². The van der Waals surface area contributed by atoms with E-state index in [0.717, 1.165) is 56.1 Å². The molecule has 3 rings (SSSR count). The molecule has 0 saturated carbocycles. The van der Waals surface area contributed by atoms with Crippen molar-refractivity contribution in [2.24, 2.45) is 0 Å². The Morgan fingerprint density at radius 2 is 1.78 bits per heavy atom. The van der Waals surface area contributed by atoms with Gasteiger partial charge in [0.05, 0.1) is 19.8 Å². The smallest absolute Gasteiger partial charge is 0.165 e. The highest BCUT2D eigenvalue weighted by Gasteiger charge is 2.10. The van der Waals surface area contributed by atoms with E-state index in [-0.39, 0.29) is 11.6 Å². The van der Waals surface area contributed by atoms with Gasteiger partial charge in [-0.2, -0.15) is 0 Å². The zero-order valence-corrected chi connectivity index (χ0v) is 15.6. The standard InChI is InChI=1S/C22H25FN2O2/c1-24-20-8-5-18(6-9-20)3-4-19-7-10-21(23)22(17-19)27-14-2-11-25-12-15-26-16-13-25/h5-10,17,24H,2,11-16H2,1H3. The van der Waals surface area contributed by atoms with Crippen molar-refractivity contribution in [2.75, 3.05) is 51.8 Å². The zero-order valence-electron chi connectivity index (χ0n) is 15.6. The highest BCUT2D eigenvalue weighted by Crippen LogP contribution is 2.19. The third-order valence-corrected chi connectivity index (χ3v) is 4.44. The number of nitrogens with one attached hydrogen (secondary N) is 1. The fraction of sp³-hybridized carbons (Fsp3) is 0.364. The van der Waals surface area contributed by atoms with Crippen molar-refractivity contribution in [1.82, 2.24) is 4.90 Å². The number of ether oxygens (including phenoxy) is 2. The van der Waals surface area contributed by atoms with Crippen molar-refractivity contribution in [2.45, 2.75) is 6.42 Å². The summed E-state index contributed by atoms with van der Waals surface area (Å²) in [6.07, 6.45) is 0.854. The molecule has 1 saturated heterocycles. The van der Waals surface area contributed by atoms with Crippen LogP contribution < -0.4 is 10.1 Å². The lowest BCUT2D eigenvalue weighted by atomic mass is 10.1. The van der Waals surface area contributed by atoms with E-state index in [0.29, 0.717) is 6.61 Å². The molecule has 142 valence electrons. The maximum absolute atomic E-state index is 14.0. The molecule has 4 nitrogen and oxygen atoms in total. The molecule has 0 aromatic heterocycles. The number of rotatable bonds is 6. The Labute approximate surface area is 160 Å². The number of hydrogen-bond acceptors (Lipinski definition) is 4. The van der Waals surface area contributed by atoms with Gasteiger partial charge in [-0.25, -0.2) is 4.39 Å². The summed E-state index contributed by atoms with van der Waals surface area (Å²) < 4.78 is 25.0. The number of hydrogen-bond donors (Lipinski definition) is 1. The van der Waals surface area contributed by atoms with Crippen LogP contribution in [0.15, 0.2) is 42.5 Å². The van der Waals surface area contributed by atoms with Crippen LogP contribution in [0, 0.1) is 17.7 Å². The summed E-state index contributed by atoms with van der Waals surface area (Å²) in [4.78, 5) is 2.34. The fourth-order valence-electron chi connectivity index (χ4n) is 2.85. The molecule has 1 fully saturated rings. The van der Waals surface area contributed by atoms with E-state index in [1.54, 1.807) is 12.1 Å². The summed E-state index contributed by atoms with van der Waals surface area (Å²) in [6, 6.07) is 12.6. The number of halogens is 1. The average Bonchev–Trinajstić information content (AvgIpc) is 2.72. The maximum Gasteiger partial charge on any atom is 0.165 e. The lowest BCUT2D eigenvalue weighted by Crippen LogP contribution is -2.37. The van der Waals surface area contributed by atoms with Crippen LogP contribution >= 0.6 is 0 Å². The molecule has 0 bridgehead atoms. The third-order valence-electron chi connectivity index (χ3n) is 4.44. The minimum absolute atomic E-state index is 0.259. The topological polar surface area (TPSA) is 33.7 Å². The van der Waals surface area contributed by atoms with Crippen molar-refractivity contribution in [3.05, 3.63) is 59.4 Å². The second-order valence-electron chi connectivity index (χ2n) is 6.38. The Bertz CT molecular complexity index is 790. The molecule has 1 heterocycles. The maximum atomic E-state index is 14.0. The quantitative estimate of drug-likeness (QED) is 0.626. The minimum Gasteiger partial charge on any atom is -0.490 e. The summed E-state index contributed by atoms with van der Waals surface area (Å²) in [5.74, 6) is 6.07. The van der Waals surface area contributed by atoms with Gasteiger partial charge in [-0.15, -0.1) is 0 Å². The van der Waals surface area contributed by atoms with Gasteiger partial charge in [0.15, 0.2) is 11.6 Å². The molecule has 0 radical (unpaired) electrons. The van der Waals surface area contributed by atoms with E-state index in [2.05, 4.69) is 22.1 Å². The van der Waals surface area contributed by atoms with Crippen LogP contribution in [0.3, 0.4) is 0 Å². The van der Waals surface area contributed by atoms with E-state index in [1.165, 1.54) is 6.07 Å². The number of benzene rings is 2. The molecule has 1 aliphatic heterocycles. The van der Waals surface area contributed by atoms with E-state index < -0.39 is 0 Å². The first kappa shape index (κ1) is 19.2. The second-order valence-corrected chi connectivity index (χ2v) is 6.38. The van der Waals surface area contributed by atoms with Gasteiger partial charge in [-0.3, -0.25) is 4.90 Å². The van der Waals surface area contributed by atoms with Crippen molar-refractivity contribution in [3.8, 4) is 17.6 Å². The van der Waals surface area contributed by atoms with Crippen LogP contribution in [0.2, 0.25) is 0 Å². The SMILES string of the molecule is CNc1ccc(C#Cc2ccc(F)c(OCCCN3CCOCC3)c2)cc1. The van der Waals surface area contributed by atoms with Crippen LogP contribution in [0.25, 0.3) is 0 Å². The molecule has 1 aliphatic rings. The van der Waals surface area contributed by atoms with E-state index in [4.69, 9.17) is 9.47 Å². The molecular formula is C22H25FN2O2. The first-order chi connectivity index (χ1) is 13.2. The van der Waals surface area contributed by atoms with Gasteiger partial charge in [-0.1, -0.05) is 11.8 Å². The molecule has 0 aliphatic carbocycles. The van der Waals surface area contributed by atoms with Gasteiger partial charge >= 0.3 is 0 Å². The second kappa shape index (κ2) is 9.96. The van der Waals surface area contributed by atoms with Crippen molar-refractivity contribution in [1.29, 1.82) is 0 Å². The molecule has 0 amide bonds. The Balaban J connectivity index is 1.54. The first-order valence-electron chi connectivity index (χ1n) is 9.27. The molecule has 5 heteroatoms. The molecule has 2 aromatic carbocycles. The minimum atomic E-state index is -0.356. The Kier molecular flexibility index (Phi) is 7.09. The predicted molar refractivity (Wildman–Crippen MR) is 106 cm³/mol. The summed E-state index contributed by atoms with van der Waals surface area (Å²) >= 11 is 0. The van der Waals surface area contributed by atoms with Crippen LogP contribution in [0.1, 0.15) is 17.5 Å². The molecule has 0 spiro atoms. The molecular weight excluding hydrogens is 343 g/mol. The number of nitrogens with zero attached hydrogens (tertiary/aromatic N) is 1. The van der Waals surface area contributed by atoms with Crippen LogP contribution in [-0.4, -0.2) is 51.4 Å². The van der Waals surface area contributed by atoms with Crippen LogP contribution in [0.5, 0.6) is 5.75 Å². The predicted octanol–water partition coefficient (Wildman–Crippen LogP) is 3.37. The van der Waals surface area contributed by atoms with Crippen LogP contribution in [-0.2, 0) is 4.74 Å². The summed E-state index contributed by atoms with van der Waals surface area (Å²) in [7, 11) is 1.88. The first-order valence-corrected chi connectivity index (χ1v) is 9.27. The molecule has 2 aromatic rings. The number of morpholine rings is 1. The van der Waals surface area contributed by atoms with Crippen molar-refractivity contribution >= 4 is 5.69 Å². The Morgan fingerprint density at radius 1 is 1.07 bits per heavy atom. The van der Waals surface area contributed by atoms with E-state index in [9.17, 15) is 4.39 Å². The highest BCUT2D eigenvalue weighted by molar-refractivity contribution is 5.50. The van der Waals surface area contributed by atoms with Gasteiger partial charge in [-0.05, 0) is 48.9 Å². The van der Waals surface area contributed by atoms with E-state index >= 15 is 0 Å². The summed E-state index contributed by atoms with van der Waals surface area (Å²) in [5.41, 5.74) is 2.68. The average molecular weight is 368 g/mol. The monoisotopic (exact) mass is 368 g/mol. The lowest BCUT2D eigenvalue weighted by Gasteiger charge is -2.26. The Hall–Kier alpha value is -2.55. The molecule has 1 N–H and O–H groups in total. The number of anilines is 1. The van der Waals surface area contributed by atoms with E-state index in [1.807, 2.05) is 31.3 Å². The molecule has 0 unspecified atom stereocenters. The van der Waals surface area contributed by atoms with Gasteiger partial charge in [0, 0.05) is 43.5 Å². The van der Waals surface area contributed by atoms with Gasteiger partial charge in [0.1, 0.15) is 0 Å². The summed E-state index contributed by atoms with van der Waals surface area (Å²) in [6.45, 7) is 4.90. The molecule has 27 heavy (non-hydrogen) atoms. The third kappa shape index (κ3) is 5.99. The van der Waals surface area contributed by atoms with Gasteiger partial charge in [0.2, 0.25) is 0 Å². The highest BCUT2D eigenvalue weighted by atomic mass is 19.1. The molecule has 0 atom stereocenters. The van der Waals surface area contributed by atoms with Gasteiger partial charge < -0.3 is 14.8 Å². The van der Waals surface area contributed by atoms with Crippen LogP contribution in [0.4, 0.5) is 10.1 Å². The Morgan fingerprint density at radius 3 is 2.52 bits per heavy atom. The van der Waals surface area contributed by atoms with Crippen molar-refractivity contribution < 1.29 is 13.9 Å². The largest absolute Gasteiger partial charge is 0.490 e. The van der Waals surface area contributed by atoms with Crippen molar-refractivity contribution in [3.63, 3.8) is 0 Å². The lowest BCUT2D eigenvalue weighted by molar-refractivity contribution is 0.0357. The summed E-state index contributed by atoms with van der Waals surface area (Å²) in [5, 5.41) is 3.07. The normalized spacial score (nSPS) is 14.3. The fourth-order valence-corrected chi connectivity index (χ4v) is 2.85.